The van der Waals surface area contributed by atoms with Gasteiger partial charge in [0.25, 0.3) is 0 Å². The summed E-state index contributed by atoms with van der Waals surface area (Å²) in [6.45, 7) is 8.83. The molecule has 2 rings (SSSR count). The molecular formula is C12H21N3S. The third kappa shape index (κ3) is 3.27. The molecule has 1 aromatic rings. The molecule has 0 spiro atoms. The smallest absolute Gasteiger partial charge is 0.107 e. The standard InChI is InChI=1S/C12H21N3S/c1-10-7-15-11(16-10)8-14-9-12(2)3-5-13-6-4-12/h7,13-14H,3-6,8-9H2,1-2H3. The second-order valence-electron chi connectivity index (χ2n) is 5.03. The van der Waals surface area contributed by atoms with Crippen molar-refractivity contribution in [1.29, 1.82) is 0 Å². The van der Waals surface area contributed by atoms with Crippen LogP contribution in [0, 0.1) is 12.3 Å². The van der Waals surface area contributed by atoms with Gasteiger partial charge in [-0.05, 0) is 38.3 Å². The van der Waals surface area contributed by atoms with E-state index >= 15 is 0 Å². The van der Waals surface area contributed by atoms with E-state index in [1.807, 2.05) is 6.20 Å². The highest BCUT2D eigenvalue weighted by Gasteiger charge is 2.25. The van der Waals surface area contributed by atoms with E-state index in [0.29, 0.717) is 5.41 Å². The van der Waals surface area contributed by atoms with E-state index in [0.717, 1.165) is 26.2 Å². The summed E-state index contributed by atoms with van der Waals surface area (Å²) in [6, 6.07) is 0. The minimum Gasteiger partial charge on any atom is -0.317 e. The van der Waals surface area contributed by atoms with E-state index in [9.17, 15) is 0 Å². The molecule has 1 aliphatic rings. The average Bonchev–Trinajstić information content (AvgIpc) is 2.65. The highest BCUT2D eigenvalue weighted by molar-refractivity contribution is 7.11. The number of nitrogens with one attached hydrogen (secondary N) is 2. The summed E-state index contributed by atoms with van der Waals surface area (Å²) >= 11 is 1.79. The van der Waals surface area contributed by atoms with E-state index in [1.54, 1.807) is 11.3 Å². The molecule has 1 fully saturated rings. The average molecular weight is 239 g/mol. The molecule has 90 valence electrons. The van der Waals surface area contributed by atoms with Crippen LogP contribution < -0.4 is 10.6 Å². The van der Waals surface area contributed by atoms with Crippen LogP contribution in [0.4, 0.5) is 0 Å². The van der Waals surface area contributed by atoms with Gasteiger partial charge in [0.2, 0.25) is 0 Å². The Kier molecular flexibility index (Phi) is 3.95. The van der Waals surface area contributed by atoms with Gasteiger partial charge in [-0.2, -0.15) is 0 Å². The molecule has 0 unspecified atom stereocenters. The Hall–Kier alpha value is -0.450. The van der Waals surface area contributed by atoms with Crippen LogP contribution in [-0.4, -0.2) is 24.6 Å². The van der Waals surface area contributed by atoms with Gasteiger partial charge < -0.3 is 10.6 Å². The van der Waals surface area contributed by atoms with Crippen LogP contribution in [0.15, 0.2) is 6.20 Å². The molecule has 0 aliphatic carbocycles. The Morgan fingerprint density at radius 3 is 2.88 bits per heavy atom. The predicted molar refractivity (Wildman–Crippen MR) is 68.8 cm³/mol. The molecule has 3 nitrogen and oxygen atoms in total. The first-order chi connectivity index (χ1) is 7.68. The van der Waals surface area contributed by atoms with Gasteiger partial charge in [0.15, 0.2) is 0 Å². The lowest BCUT2D eigenvalue weighted by molar-refractivity contribution is 0.220. The molecule has 0 atom stereocenters. The molecule has 2 N–H and O–H groups in total. The van der Waals surface area contributed by atoms with Crippen LogP contribution in [0.2, 0.25) is 0 Å². The van der Waals surface area contributed by atoms with E-state index in [2.05, 4.69) is 29.5 Å². The zero-order valence-electron chi connectivity index (χ0n) is 10.2. The molecule has 1 saturated heterocycles. The van der Waals surface area contributed by atoms with Crippen molar-refractivity contribution in [3.8, 4) is 0 Å². The number of aromatic nitrogens is 1. The van der Waals surface area contributed by atoms with E-state index in [4.69, 9.17) is 0 Å². The molecule has 0 bridgehead atoms. The summed E-state index contributed by atoms with van der Waals surface area (Å²) < 4.78 is 0. The fourth-order valence-corrected chi connectivity index (χ4v) is 2.92. The largest absolute Gasteiger partial charge is 0.317 e. The molecular weight excluding hydrogens is 218 g/mol. The third-order valence-electron chi connectivity index (χ3n) is 3.31. The number of aryl methyl sites for hydroxylation is 1. The lowest BCUT2D eigenvalue weighted by Gasteiger charge is -2.34. The lowest BCUT2D eigenvalue weighted by Crippen LogP contribution is -2.41. The maximum absolute atomic E-state index is 4.36. The molecule has 1 aliphatic heterocycles. The molecule has 1 aromatic heterocycles. The number of thiazole rings is 1. The van der Waals surface area contributed by atoms with Crippen molar-refractivity contribution >= 4 is 11.3 Å². The van der Waals surface area contributed by atoms with Crippen LogP contribution >= 0.6 is 11.3 Å². The fourth-order valence-electron chi connectivity index (χ4n) is 2.16. The molecule has 16 heavy (non-hydrogen) atoms. The number of hydrogen-bond acceptors (Lipinski definition) is 4. The Labute approximate surface area is 102 Å². The van der Waals surface area contributed by atoms with Crippen molar-refractivity contribution in [2.45, 2.75) is 33.2 Å². The molecule has 0 amide bonds. The van der Waals surface area contributed by atoms with Gasteiger partial charge >= 0.3 is 0 Å². The van der Waals surface area contributed by atoms with Gasteiger partial charge in [0.05, 0.1) is 0 Å². The topological polar surface area (TPSA) is 37.0 Å². The Morgan fingerprint density at radius 1 is 1.50 bits per heavy atom. The first-order valence-corrected chi connectivity index (χ1v) is 6.82. The second-order valence-corrected chi connectivity index (χ2v) is 6.35. The minimum atomic E-state index is 0.470. The highest BCUT2D eigenvalue weighted by Crippen LogP contribution is 2.26. The molecule has 0 aromatic carbocycles. The molecule has 0 radical (unpaired) electrons. The summed E-state index contributed by atoms with van der Waals surface area (Å²) in [5.74, 6) is 0. The van der Waals surface area contributed by atoms with Crippen molar-refractivity contribution in [2.75, 3.05) is 19.6 Å². The number of piperidine rings is 1. The van der Waals surface area contributed by atoms with Crippen molar-refractivity contribution < 1.29 is 0 Å². The van der Waals surface area contributed by atoms with Crippen molar-refractivity contribution in [3.05, 3.63) is 16.1 Å². The van der Waals surface area contributed by atoms with E-state index in [-0.39, 0.29) is 0 Å². The number of nitrogens with zero attached hydrogens (tertiary/aromatic N) is 1. The SMILES string of the molecule is Cc1cnc(CNCC2(C)CCNCC2)s1. The second kappa shape index (κ2) is 5.25. The van der Waals surface area contributed by atoms with Crippen LogP contribution in [0.1, 0.15) is 29.7 Å². The van der Waals surface area contributed by atoms with Crippen LogP contribution in [0.3, 0.4) is 0 Å². The van der Waals surface area contributed by atoms with Crippen LogP contribution in [-0.2, 0) is 6.54 Å². The molecule has 0 saturated carbocycles. The third-order valence-corrected chi connectivity index (χ3v) is 4.22. The Balaban J connectivity index is 1.74. The van der Waals surface area contributed by atoms with Crippen molar-refractivity contribution in [1.82, 2.24) is 15.6 Å². The summed E-state index contributed by atoms with van der Waals surface area (Å²) in [5, 5.41) is 8.16. The Morgan fingerprint density at radius 2 is 2.25 bits per heavy atom. The minimum absolute atomic E-state index is 0.470. The predicted octanol–water partition coefficient (Wildman–Crippen LogP) is 1.93. The van der Waals surface area contributed by atoms with Crippen molar-refractivity contribution in [3.63, 3.8) is 0 Å². The van der Waals surface area contributed by atoms with E-state index < -0.39 is 0 Å². The quantitative estimate of drug-likeness (QED) is 0.843. The maximum atomic E-state index is 4.36. The summed E-state index contributed by atoms with van der Waals surface area (Å²) in [4.78, 5) is 5.66. The lowest BCUT2D eigenvalue weighted by atomic mass is 9.81. The van der Waals surface area contributed by atoms with Gasteiger partial charge in [-0.15, -0.1) is 11.3 Å². The number of rotatable bonds is 4. The van der Waals surface area contributed by atoms with Crippen molar-refractivity contribution in [2.24, 2.45) is 5.41 Å². The van der Waals surface area contributed by atoms with Gasteiger partial charge in [-0.1, -0.05) is 6.92 Å². The van der Waals surface area contributed by atoms with Gasteiger partial charge in [-0.25, -0.2) is 4.98 Å². The summed E-state index contributed by atoms with van der Waals surface area (Å²) in [5.41, 5.74) is 0.470. The Bertz CT molecular complexity index is 329. The van der Waals surface area contributed by atoms with Gasteiger partial charge in [-0.3, -0.25) is 0 Å². The van der Waals surface area contributed by atoms with Gasteiger partial charge in [0.1, 0.15) is 5.01 Å². The van der Waals surface area contributed by atoms with Crippen LogP contribution in [0.25, 0.3) is 0 Å². The zero-order valence-corrected chi connectivity index (χ0v) is 11.0. The highest BCUT2D eigenvalue weighted by atomic mass is 32.1. The molecule has 4 heteroatoms. The summed E-state index contributed by atoms with van der Waals surface area (Å²) in [7, 11) is 0. The fraction of sp³-hybridized carbons (Fsp3) is 0.750. The monoisotopic (exact) mass is 239 g/mol. The first kappa shape index (κ1) is 12.0. The van der Waals surface area contributed by atoms with Gasteiger partial charge in [0, 0.05) is 24.2 Å². The zero-order chi connectivity index (χ0) is 11.4. The van der Waals surface area contributed by atoms with E-state index in [1.165, 1.54) is 22.7 Å². The van der Waals surface area contributed by atoms with Crippen LogP contribution in [0.5, 0.6) is 0 Å². The first-order valence-electron chi connectivity index (χ1n) is 6.01. The summed E-state index contributed by atoms with van der Waals surface area (Å²) in [6.07, 6.45) is 4.50. The normalized spacial score (nSPS) is 19.9. The number of hydrogen-bond donors (Lipinski definition) is 2. The molecule has 2 heterocycles. The maximum Gasteiger partial charge on any atom is 0.107 e.